The van der Waals surface area contributed by atoms with Crippen LogP contribution >= 0.6 is 0 Å². The number of anilines is 1. The van der Waals surface area contributed by atoms with Crippen molar-refractivity contribution in [3.63, 3.8) is 0 Å². The average molecular weight is 526 g/mol. The van der Waals surface area contributed by atoms with E-state index in [0.717, 1.165) is 48.7 Å². The number of H-pyrrole nitrogens is 1. The topological polar surface area (TPSA) is 74.4 Å². The highest BCUT2D eigenvalue weighted by Crippen LogP contribution is 2.36. The summed E-state index contributed by atoms with van der Waals surface area (Å²) in [5, 5.41) is 6.76. The Bertz CT molecular complexity index is 1690. The molecule has 1 aromatic heterocycles. The molecule has 0 atom stereocenters. The summed E-state index contributed by atoms with van der Waals surface area (Å²) < 4.78 is 34.7. The third-order valence-electron chi connectivity index (χ3n) is 7.22. The normalized spacial score (nSPS) is 13.5. The number of rotatable bonds is 9. The van der Waals surface area contributed by atoms with Crippen LogP contribution in [0.1, 0.15) is 17.5 Å². The van der Waals surface area contributed by atoms with Crippen LogP contribution in [-0.2, 0) is 22.9 Å². The first kappa shape index (κ1) is 24.5. The molecule has 0 fully saturated rings. The van der Waals surface area contributed by atoms with Gasteiger partial charge in [-0.15, -0.1) is 0 Å². The van der Waals surface area contributed by atoms with E-state index in [0.29, 0.717) is 29.5 Å². The van der Waals surface area contributed by atoms with E-state index in [1.807, 2.05) is 54.6 Å². The van der Waals surface area contributed by atoms with Crippen molar-refractivity contribution < 1.29 is 13.2 Å². The summed E-state index contributed by atoms with van der Waals surface area (Å²) in [7, 11) is -3.72. The molecule has 0 bridgehead atoms. The van der Waals surface area contributed by atoms with Gasteiger partial charge < -0.3 is 15.0 Å². The molecule has 1 aliphatic heterocycles. The van der Waals surface area contributed by atoms with Crippen molar-refractivity contribution in [1.82, 2.24) is 10.3 Å². The highest BCUT2D eigenvalue weighted by molar-refractivity contribution is 7.92. The molecule has 2 heterocycles. The van der Waals surface area contributed by atoms with E-state index in [2.05, 4.69) is 34.7 Å². The van der Waals surface area contributed by atoms with E-state index in [4.69, 9.17) is 4.74 Å². The number of hydrogen-bond donors (Lipinski definition) is 2. The first-order valence-corrected chi connectivity index (χ1v) is 14.6. The maximum atomic E-state index is 13.7. The van der Waals surface area contributed by atoms with Gasteiger partial charge in [0.2, 0.25) is 0 Å². The molecule has 194 valence electrons. The number of hydrogen-bond acceptors (Lipinski definition) is 4. The lowest BCUT2D eigenvalue weighted by atomic mass is 10.1. The van der Waals surface area contributed by atoms with Gasteiger partial charge in [0, 0.05) is 17.1 Å². The largest absolute Gasteiger partial charge is 0.489 e. The fourth-order valence-corrected chi connectivity index (χ4v) is 6.69. The summed E-state index contributed by atoms with van der Waals surface area (Å²) in [6.07, 6.45) is 4.89. The maximum absolute atomic E-state index is 13.7. The number of aryl methyl sites for hydroxylation is 1. The van der Waals surface area contributed by atoms with Crippen LogP contribution in [-0.4, -0.2) is 39.6 Å². The van der Waals surface area contributed by atoms with E-state index in [1.54, 1.807) is 12.1 Å². The van der Waals surface area contributed by atoms with E-state index in [1.165, 1.54) is 20.8 Å². The zero-order valence-corrected chi connectivity index (χ0v) is 22.0. The SMILES string of the molecule is O=S(=O)(c1ccc2ccccc2c1)N1CCOc2ccc(CCCNCCc3c[nH]c4ccccc34)cc21. The van der Waals surface area contributed by atoms with Crippen LogP contribution in [0.2, 0.25) is 0 Å². The molecule has 0 unspecified atom stereocenters. The van der Waals surface area contributed by atoms with Gasteiger partial charge in [-0.2, -0.15) is 0 Å². The van der Waals surface area contributed by atoms with Crippen LogP contribution in [0.5, 0.6) is 5.75 Å². The van der Waals surface area contributed by atoms with Gasteiger partial charge in [0.1, 0.15) is 12.4 Å². The van der Waals surface area contributed by atoms with Crippen LogP contribution in [0.15, 0.2) is 96.0 Å². The standard InChI is InChI=1S/C31H31N3O3S/c35-38(36,27-13-12-24-7-1-2-8-25(24)21-27)34-18-19-37-31-14-11-23(20-30(31)34)6-5-16-32-17-15-26-22-33-29-10-4-3-9-28(26)29/h1-4,7-14,20-22,32-33H,5-6,15-19H2. The van der Waals surface area contributed by atoms with Crippen LogP contribution in [0.25, 0.3) is 21.7 Å². The van der Waals surface area contributed by atoms with Gasteiger partial charge in [0.05, 0.1) is 17.1 Å². The van der Waals surface area contributed by atoms with Crippen LogP contribution in [0.4, 0.5) is 5.69 Å². The Morgan fingerprint density at radius 1 is 0.868 bits per heavy atom. The Kier molecular flexibility index (Phi) is 6.79. The first-order valence-electron chi connectivity index (χ1n) is 13.1. The summed E-state index contributed by atoms with van der Waals surface area (Å²) >= 11 is 0. The Morgan fingerprint density at radius 3 is 2.63 bits per heavy atom. The third-order valence-corrected chi connectivity index (χ3v) is 9.03. The molecule has 0 aliphatic carbocycles. The minimum Gasteiger partial charge on any atom is -0.489 e. The quantitative estimate of drug-likeness (QED) is 0.243. The minimum absolute atomic E-state index is 0.293. The number of aromatic nitrogens is 1. The van der Waals surface area contributed by atoms with Crippen LogP contribution < -0.4 is 14.4 Å². The Hall–Kier alpha value is -3.81. The van der Waals surface area contributed by atoms with Crippen molar-refractivity contribution in [3.05, 3.63) is 102 Å². The van der Waals surface area contributed by atoms with Crippen molar-refractivity contribution in [1.29, 1.82) is 0 Å². The molecule has 0 saturated carbocycles. The summed E-state index contributed by atoms with van der Waals surface area (Å²) in [6.45, 7) is 2.44. The number of benzene rings is 4. The molecular weight excluding hydrogens is 494 g/mol. The highest BCUT2D eigenvalue weighted by atomic mass is 32.2. The fraction of sp³-hybridized carbons (Fsp3) is 0.226. The number of nitrogens with one attached hydrogen (secondary N) is 2. The van der Waals surface area contributed by atoms with Gasteiger partial charge >= 0.3 is 0 Å². The van der Waals surface area contributed by atoms with Gasteiger partial charge in [0.25, 0.3) is 10.0 Å². The second kappa shape index (κ2) is 10.5. The molecule has 0 saturated heterocycles. The smallest absolute Gasteiger partial charge is 0.264 e. The molecule has 1 aliphatic rings. The predicted molar refractivity (Wildman–Crippen MR) is 154 cm³/mol. The van der Waals surface area contributed by atoms with Crippen molar-refractivity contribution in [2.24, 2.45) is 0 Å². The Labute approximate surface area is 223 Å². The number of para-hydroxylation sites is 1. The Balaban J connectivity index is 1.10. The molecule has 38 heavy (non-hydrogen) atoms. The Morgan fingerprint density at radius 2 is 1.71 bits per heavy atom. The molecule has 5 aromatic rings. The van der Waals surface area contributed by atoms with Crippen LogP contribution in [0, 0.1) is 0 Å². The second-order valence-electron chi connectivity index (χ2n) is 9.70. The van der Waals surface area contributed by atoms with Crippen molar-refractivity contribution in [2.75, 3.05) is 30.5 Å². The van der Waals surface area contributed by atoms with Gasteiger partial charge in [-0.3, -0.25) is 4.31 Å². The molecule has 7 heteroatoms. The zero-order valence-electron chi connectivity index (χ0n) is 21.2. The number of aromatic amines is 1. The zero-order chi connectivity index (χ0) is 26.0. The lowest BCUT2D eigenvalue weighted by Crippen LogP contribution is -2.38. The van der Waals surface area contributed by atoms with Crippen molar-refractivity contribution in [3.8, 4) is 5.75 Å². The van der Waals surface area contributed by atoms with Gasteiger partial charge in [-0.05, 0) is 84.6 Å². The third kappa shape index (κ3) is 4.87. The van der Waals surface area contributed by atoms with Crippen molar-refractivity contribution >= 4 is 37.4 Å². The van der Waals surface area contributed by atoms with Crippen molar-refractivity contribution in [2.45, 2.75) is 24.2 Å². The average Bonchev–Trinajstić information content (AvgIpc) is 3.37. The van der Waals surface area contributed by atoms with E-state index >= 15 is 0 Å². The fourth-order valence-electron chi connectivity index (χ4n) is 5.20. The molecule has 6 rings (SSSR count). The number of fused-ring (bicyclic) bond motifs is 3. The van der Waals surface area contributed by atoms with Gasteiger partial charge in [0.15, 0.2) is 0 Å². The van der Waals surface area contributed by atoms with E-state index in [9.17, 15) is 8.42 Å². The summed E-state index contributed by atoms with van der Waals surface area (Å²) in [6, 6.07) is 27.4. The highest BCUT2D eigenvalue weighted by Gasteiger charge is 2.30. The molecule has 0 spiro atoms. The molecular formula is C31H31N3O3S. The maximum Gasteiger partial charge on any atom is 0.264 e. The number of ether oxygens (including phenoxy) is 1. The van der Waals surface area contributed by atoms with E-state index in [-0.39, 0.29) is 0 Å². The molecule has 0 amide bonds. The van der Waals surface area contributed by atoms with E-state index < -0.39 is 10.0 Å². The molecule has 6 nitrogen and oxygen atoms in total. The second-order valence-corrected chi connectivity index (χ2v) is 11.6. The summed E-state index contributed by atoms with van der Waals surface area (Å²) in [5.74, 6) is 0.612. The molecule has 0 radical (unpaired) electrons. The van der Waals surface area contributed by atoms with Crippen LogP contribution in [0.3, 0.4) is 0 Å². The van der Waals surface area contributed by atoms with Gasteiger partial charge in [-0.1, -0.05) is 54.6 Å². The predicted octanol–water partition coefficient (Wildman–Crippen LogP) is 5.67. The monoisotopic (exact) mass is 525 g/mol. The lowest BCUT2D eigenvalue weighted by Gasteiger charge is -2.31. The number of sulfonamides is 1. The molecule has 4 aromatic carbocycles. The molecule has 2 N–H and O–H groups in total. The lowest BCUT2D eigenvalue weighted by molar-refractivity contribution is 0.315. The minimum atomic E-state index is -3.72. The van der Waals surface area contributed by atoms with Gasteiger partial charge in [-0.25, -0.2) is 8.42 Å². The number of nitrogens with zero attached hydrogens (tertiary/aromatic N) is 1. The summed E-state index contributed by atoms with van der Waals surface area (Å²) in [5.41, 5.74) is 4.23. The first-order chi connectivity index (χ1) is 18.6. The summed E-state index contributed by atoms with van der Waals surface area (Å²) in [4.78, 5) is 3.63.